The number of carbonyl (C=O) groups is 1. The molecule has 14 unspecified atom stereocenters. The molecule has 0 amide bonds. The van der Waals surface area contributed by atoms with Gasteiger partial charge in [0.15, 0.2) is 6.29 Å². The Morgan fingerprint density at radius 2 is 1.45 bits per heavy atom. The van der Waals surface area contributed by atoms with Gasteiger partial charge in [0.1, 0.15) is 31.0 Å². The third kappa shape index (κ3) is 14.4. The van der Waals surface area contributed by atoms with E-state index < -0.39 is 30.7 Å². The second-order valence-electron chi connectivity index (χ2n) is 22.1. The molecule has 366 valence electrons. The van der Waals surface area contributed by atoms with Crippen LogP contribution in [0.15, 0.2) is 48.1 Å². The second kappa shape index (κ2) is 26.7. The number of hydrogen-bond donors (Lipinski definition) is 3. The number of unbranched alkanes of at least 4 members (excludes halogenated alkanes) is 12. The maximum Gasteiger partial charge on any atom is 0.305 e. The van der Waals surface area contributed by atoms with Gasteiger partial charge in [0.25, 0.3) is 0 Å². The molecule has 5 aliphatic rings. The summed E-state index contributed by atoms with van der Waals surface area (Å²) < 4.78 is 18.1. The summed E-state index contributed by atoms with van der Waals surface area (Å²) in [6.07, 6.45) is 39.0. The van der Waals surface area contributed by atoms with Crippen LogP contribution in [-0.2, 0) is 19.0 Å². The van der Waals surface area contributed by atoms with Crippen molar-refractivity contribution >= 4 is 5.97 Å². The van der Waals surface area contributed by atoms with E-state index in [0.29, 0.717) is 35.5 Å². The van der Waals surface area contributed by atoms with Crippen LogP contribution in [0.5, 0.6) is 0 Å². The van der Waals surface area contributed by atoms with Gasteiger partial charge >= 0.3 is 5.97 Å². The molecule has 14 atom stereocenters. The SMILES string of the molecule is CCCCC/C=C\C/C=C\CCCCCCCCCCCC(=O)OCC1OC(OC2CCC3(C)C(=CCC4C3CCC3(C)C(C(C)/C=C/C(CC)C(C)C)CCC43)C2)C(O)C(O)C1O. The number of aliphatic hydroxyl groups excluding tert-OH is 3. The smallest absolute Gasteiger partial charge is 0.305 e. The standard InChI is InChI=1S/C57H96O7/c1-8-10-11-12-13-14-15-16-17-18-19-20-21-22-23-24-25-26-27-28-51(58)62-40-50-52(59)53(60)54(61)55(64-50)63-45-35-37-56(6)44(39-45)31-32-46-48-34-33-47(57(48,7)38-36-49(46)56)42(5)29-30-43(9-2)41(3)4/h13-14,16-17,29-31,41-43,45-50,52-55,59-61H,8-12,15,18-28,32-40H2,1-7H3/b14-13-,17-16-,30-29+. The molecule has 0 bridgehead atoms. The van der Waals surface area contributed by atoms with Crippen molar-refractivity contribution in [3.8, 4) is 0 Å². The van der Waals surface area contributed by atoms with Gasteiger partial charge < -0.3 is 29.5 Å². The monoisotopic (exact) mass is 893 g/mol. The first-order valence-electron chi connectivity index (χ1n) is 27.0. The van der Waals surface area contributed by atoms with Gasteiger partial charge in [0.2, 0.25) is 0 Å². The largest absolute Gasteiger partial charge is 0.463 e. The Morgan fingerprint density at radius 3 is 2.12 bits per heavy atom. The Morgan fingerprint density at radius 1 is 0.781 bits per heavy atom. The molecular formula is C57H96O7. The first-order chi connectivity index (χ1) is 30.8. The highest BCUT2D eigenvalue weighted by atomic mass is 16.7. The van der Waals surface area contributed by atoms with Crippen LogP contribution >= 0.6 is 0 Å². The summed E-state index contributed by atoms with van der Waals surface area (Å²) in [5, 5.41) is 32.6. The predicted molar refractivity (Wildman–Crippen MR) is 262 cm³/mol. The molecule has 4 aliphatic carbocycles. The Kier molecular flexibility index (Phi) is 22.2. The molecule has 7 nitrogen and oxygen atoms in total. The molecule has 1 aliphatic heterocycles. The van der Waals surface area contributed by atoms with E-state index in [9.17, 15) is 20.1 Å². The van der Waals surface area contributed by atoms with Crippen LogP contribution in [-0.4, -0.2) is 64.7 Å². The zero-order valence-electron chi connectivity index (χ0n) is 41.9. The second-order valence-corrected chi connectivity index (χ2v) is 22.1. The van der Waals surface area contributed by atoms with Gasteiger partial charge in [-0.2, -0.15) is 0 Å². The summed E-state index contributed by atoms with van der Waals surface area (Å²) in [6.45, 7) is 16.7. The highest BCUT2D eigenvalue weighted by Gasteiger charge is 2.59. The minimum Gasteiger partial charge on any atom is -0.463 e. The lowest BCUT2D eigenvalue weighted by atomic mass is 9.47. The molecule has 64 heavy (non-hydrogen) atoms. The first kappa shape index (κ1) is 53.2. The van der Waals surface area contributed by atoms with Gasteiger partial charge in [-0.1, -0.05) is 154 Å². The lowest BCUT2D eigenvalue weighted by Gasteiger charge is -2.58. The number of allylic oxidation sites excluding steroid dienone is 7. The number of ether oxygens (including phenoxy) is 3. The van der Waals surface area contributed by atoms with E-state index >= 15 is 0 Å². The quantitative estimate of drug-likeness (QED) is 0.0428. The first-order valence-corrected chi connectivity index (χ1v) is 27.0. The third-order valence-corrected chi connectivity index (χ3v) is 17.5. The molecule has 0 aromatic rings. The van der Waals surface area contributed by atoms with Gasteiger partial charge in [-0.15, -0.1) is 0 Å². The normalized spacial score (nSPS) is 35.1. The van der Waals surface area contributed by atoms with Crippen molar-refractivity contribution in [3.05, 3.63) is 48.1 Å². The number of hydrogen-bond acceptors (Lipinski definition) is 7. The van der Waals surface area contributed by atoms with Crippen LogP contribution in [0.3, 0.4) is 0 Å². The Balaban J connectivity index is 0.977. The van der Waals surface area contributed by atoms with Crippen LogP contribution in [0.25, 0.3) is 0 Å². The molecule has 7 heteroatoms. The summed E-state index contributed by atoms with van der Waals surface area (Å²) in [5.41, 5.74) is 2.04. The van der Waals surface area contributed by atoms with Crippen LogP contribution in [0.4, 0.5) is 0 Å². The summed E-state index contributed by atoms with van der Waals surface area (Å²) in [4.78, 5) is 12.7. The average Bonchev–Trinajstić information content (AvgIpc) is 3.64. The fraction of sp³-hybridized carbons (Fsp3) is 0.842. The third-order valence-electron chi connectivity index (χ3n) is 17.5. The lowest BCUT2D eigenvalue weighted by Crippen LogP contribution is -2.60. The van der Waals surface area contributed by atoms with Gasteiger partial charge in [-0.25, -0.2) is 0 Å². The zero-order valence-corrected chi connectivity index (χ0v) is 41.9. The van der Waals surface area contributed by atoms with Crippen molar-refractivity contribution in [2.75, 3.05) is 6.61 Å². The Hall–Kier alpha value is -1.77. The van der Waals surface area contributed by atoms with Crippen molar-refractivity contribution in [1.29, 1.82) is 0 Å². The lowest BCUT2D eigenvalue weighted by molar-refractivity contribution is -0.313. The van der Waals surface area contributed by atoms with E-state index in [2.05, 4.69) is 91.0 Å². The average molecular weight is 893 g/mol. The van der Waals surface area contributed by atoms with Crippen LogP contribution < -0.4 is 0 Å². The minimum atomic E-state index is -1.45. The fourth-order valence-corrected chi connectivity index (χ4v) is 13.3. The fourth-order valence-electron chi connectivity index (χ4n) is 13.3. The minimum absolute atomic E-state index is 0.152. The van der Waals surface area contributed by atoms with Crippen molar-refractivity contribution in [2.24, 2.45) is 52.3 Å². The van der Waals surface area contributed by atoms with Gasteiger partial charge in [0, 0.05) is 6.42 Å². The van der Waals surface area contributed by atoms with Crippen molar-refractivity contribution in [3.63, 3.8) is 0 Å². The van der Waals surface area contributed by atoms with Crippen molar-refractivity contribution in [2.45, 2.75) is 246 Å². The van der Waals surface area contributed by atoms with Crippen LogP contribution in [0.2, 0.25) is 0 Å². The highest BCUT2D eigenvalue weighted by molar-refractivity contribution is 5.69. The van der Waals surface area contributed by atoms with Crippen LogP contribution in [0.1, 0.15) is 209 Å². The van der Waals surface area contributed by atoms with E-state index in [1.54, 1.807) is 0 Å². The number of esters is 1. The van der Waals surface area contributed by atoms with E-state index in [4.69, 9.17) is 14.2 Å². The van der Waals surface area contributed by atoms with Gasteiger partial charge in [-0.05, 0) is 149 Å². The summed E-state index contributed by atoms with van der Waals surface area (Å²) in [6, 6.07) is 0. The number of aliphatic hydroxyl groups is 3. The number of fused-ring (bicyclic) bond motifs is 5. The number of carbonyl (C=O) groups excluding carboxylic acids is 1. The molecule has 1 heterocycles. The van der Waals surface area contributed by atoms with E-state index in [-0.39, 0.29) is 24.1 Å². The molecule has 4 fully saturated rings. The predicted octanol–water partition coefficient (Wildman–Crippen LogP) is 13.5. The van der Waals surface area contributed by atoms with E-state index in [1.165, 1.54) is 108 Å². The Labute approximate surface area is 391 Å². The topological polar surface area (TPSA) is 105 Å². The maximum absolute atomic E-state index is 12.7. The molecular weight excluding hydrogens is 797 g/mol. The molecule has 5 rings (SSSR count). The maximum atomic E-state index is 12.7. The van der Waals surface area contributed by atoms with Gasteiger partial charge in [0.05, 0.1) is 6.10 Å². The van der Waals surface area contributed by atoms with Crippen molar-refractivity contribution < 1.29 is 34.3 Å². The molecule has 0 aromatic carbocycles. The highest BCUT2D eigenvalue weighted by Crippen LogP contribution is 2.67. The van der Waals surface area contributed by atoms with Gasteiger partial charge in [-0.3, -0.25) is 4.79 Å². The summed E-state index contributed by atoms with van der Waals surface area (Å²) in [7, 11) is 0. The van der Waals surface area contributed by atoms with Crippen molar-refractivity contribution in [1.82, 2.24) is 0 Å². The van der Waals surface area contributed by atoms with Crippen LogP contribution in [0, 0.1) is 52.3 Å². The molecule has 3 saturated carbocycles. The zero-order chi connectivity index (χ0) is 46.1. The molecule has 3 N–H and O–H groups in total. The summed E-state index contributed by atoms with van der Waals surface area (Å²) in [5.74, 6) is 4.60. The summed E-state index contributed by atoms with van der Waals surface area (Å²) >= 11 is 0. The Bertz CT molecular complexity index is 1480. The molecule has 0 radical (unpaired) electrons. The van der Waals surface area contributed by atoms with E-state index in [0.717, 1.165) is 69.1 Å². The van der Waals surface area contributed by atoms with E-state index in [1.807, 2.05) is 0 Å². The molecule has 0 spiro atoms. The number of rotatable bonds is 27. The molecule has 1 saturated heterocycles. The molecule has 0 aromatic heterocycles.